The summed E-state index contributed by atoms with van der Waals surface area (Å²) in [7, 11) is 0. The maximum absolute atomic E-state index is 11.7. The van der Waals surface area contributed by atoms with Crippen molar-refractivity contribution in [1.29, 1.82) is 0 Å². The molecule has 19 heavy (non-hydrogen) atoms. The minimum Gasteiger partial charge on any atom is -0.446 e. The largest absolute Gasteiger partial charge is 0.446 e. The Labute approximate surface area is 120 Å². The number of anilines is 1. The topological polar surface area (TPSA) is 38.3 Å². The third-order valence-electron chi connectivity index (χ3n) is 2.93. The number of rotatable bonds is 7. The first-order chi connectivity index (χ1) is 9.15. The van der Waals surface area contributed by atoms with Crippen molar-refractivity contribution in [2.45, 2.75) is 52.1 Å². The van der Waals surface area contributed by atoms with E-state index in [9.17, 15) is 4.79 Å². The summed E-state index contributed by atoms with van der Waals surface area (Å²) in [6.45, 7) is 4.19. The molecule has 0 radical (unpaired) electrons. The van der Waals surface area contributed by atoms with E-state index in [0.717, 1.165) is 19.3 Å². The van der Waals surface area contributed by atoms with E-state index >= 15 is 0 Å². The zero-order chi connectivity index (χ0) is 14.1. The van der Waals surface area contributed by atoms with E-state index in [2.05, 4.69) is 12.2 Å². The molecule has 0 saturated heterocycles. The summed E-state index contributed by atoms with van der Waals surface area (Å²) in [5, 5.41) is 3.28. The lowest BCUT2D eigenvalue weighted by atomic mass is 10.1. The molecular formula is C15H22ClNO2. The Hall–Kier alpha value is -1.22. The second-order valence-corrected chi connectivity index (χ2v) is 5.00. The quantitative estimate of drug-likeness (QED) is 0.694. The van der Waals surface area contributed by atoms with Gasteiger partial charge in [0, 0.05) is 10.7 Å². The van der Waals surface area contributed by atoms with E-state index in [1.54, 1.807) is 24.3 Å². The fourth-order valence-electron chi connectivity index (χ4n) is 1.83. The molecule has 3 nitrogen and oxygen atoms in total. The van der Waals surface area contributed by atoms with Crippen LogP contribution in [0.2, 0.25) is 5.02 Å². The van der Waals surface area contributed by atoms with Crippen LogP contribution in [0.15, 0.2) is 24.3 Å². The molecule has 1 atom stereocenters. The molecular weight excluding hydrogens is 262 g/mol. The van der Waals surface area contributed by atoms with E-state index in [1.165, 1.54) is 12.8 Å². The number of hydrogen-bond donors (Lipinski definition) is 1. The molecule has 1 aromatic carbocycles. The third kappa shape index (κ3) is 6.48. The van der Waals surface area contributed by atoms with Crippen molar-refractivity contribution in [3.63, 3.8) is 0 Å². The number of hydrogen-bond acceptors (Lipinski definition) is 2. The lowest BCUT2D eigenvalue weighted by molar-refractivity contribution is 0.101. The number of benzene rings is 1. The van der Waals surface area contributed by atoms with Crippen molar-refractivity contribution in [2.24, 2.45) is 0 Å². The van der Waals surface area contributed by atoms with Crippen LogP contribution in [0.5, 0.6) is 0 Å². The third-order valence-corrected chi connectivity index (χ3v) is 3.16. The molecule has 1 unspecified atom stereocenters. The van der Waals surface area contributed by atoms with E-state index < -0.39 is 6.09 Å². The fourth-order valence-corrected chi connectivity index (χ4v) is 2.02. The molecule has 0 saturated carbocycles. The highest BCUT2D eigenvalue weighted by Crippen LogP contribution is 2.16. The highest BCUT2D eigenvalue weighted by molar-refractivity contribution is 6.30. The number of unbranched alkanes of at least 4 members (excludes halogenated alkanes) is 2. The van der Waals surface area contributed by atoms with Crippen LogP contribution < -0.4 is 5.32 Å². The van der Waals surface area contributed by atoms with Crippen LogP contribution in [0.1, 0.15) is 46.0 Å². The molecule has 0 spiro atoms. The highest BCUT2D eigenvalue weighted by atomic mass is 35.5. The molecule has 0 fully saturated rings. The summed E-state index contributed by atoms with van der Waals surface area (Å²) in [5.41, 5.74) is 0.654. The van der Waals surface area contributed by atoms with Gasteiger partial charge < -0.3 is 4.74 Å². The first-order valence-corrected chi connectivity index (χ1v) is 7.26. The highest BCUT2D eigenvalue weighted by Gasteiger charge is 2.12. The Morgan fingerprint density at radius 2 is 2.16 bits per heavy atom. The average Bonchev–Trinajstić information content (AvgIpc) is 2.37. The minimum absolute atomic E-state index is 0.00858. The molecule has 1 aromatic rings. The monoisotopic (exact) mass is 283 g/mol. The Morgan fingerprint density at radius 1 is 1.37 bits per heavy atom. The predicted molar refractivity (Wildman–Crippen MR) is 79.8 cm³/mol. The van der Waals surface area contributed by atoms with Crippen LogP contribution in [-0.2, 0) is 4.74 Å². The molecule has 1 N–H and O–H groups in total. The molecule has 0 bridgehead atoms. The van der Waals surface area contributed by atoms with Gasteiger partial charge in [0.15, 0.2) is 0 Å². The number of amides is 1. The fraction of sp³-hybridized carbons (Fsp3) is 0.533. The molecule has 0 heterocycles. The van der Waals surface area contributed by atoms with Crippen LogP contribution in [0, 0.1) is 0 Å². The van der Waals surface area contributed by atoms with Crippen molar-refractivity contribution in [3.8, 4) is 0 Å². The van der Waals surface area contributed by atoms with Gasteiger partial charge in [0.25, 0.3) is 0 Å². The van der Waals surface area contributed by atoms with Crippen molar-refractivity contribution < 1.29 is 9.53 Å². The molecule has 1 amide bonds. The Kier molecular flexibility index (Phi) is 7.34. The smallest absolute Gasteiger partial charge is 0.411 e. The van der Waals surface area contributed by atoms with Crippen molar-refractivity contribution in [1.82, 2.24) is 0 Å². The molecule has 0 aromatic heterocycles. The van der Waals surface area contributed by atoms with Crippen LogP contribution in [-0.4, -0.2) is 12.2 Å². The van der Waals surface area contributed by atoms with Crippen molar-refractivity contribution >= 4 is 23.4 Å². The van der Waals surface area contributed by atoms with Crippen LogP contribution >= 0.6 is 11.6 Å². The van der Waals surface area contributed by atoms with Gasteiger partial charge in [-0.2, -0.15) is 0 Å². The lowest BCUT2D eigenvalue weighted by Crippen LogP contribution is -2.22. The van der Waals surface area contributed by atoms with Gasteiger partial charge in [-0.15, -0.1) is 0 Å². The van der Waals surface area contributed by atoms with Gasteiger partial charge in [0.05, 0.1) is 0 Å². The summed E-state index contributed by atoms with van der Waals surface area (Å²) in [6, 6.07) is 7.03. The summed E-state index contributed by atoms with van der Waals surface area (Å²) in [5.74, 6) is 0. The molecule has 4 heteroatoms. The van der Waals surface area contributed by atoms with E-state index in [1.807, 2.05) is 6.92 Å². The Morgan fingerprint density at radius 3 is 2.79 bits per heavy atom. The first kappa shape index (κ1) is 15.8. The number of halogens is 1. The maximum atomic E-state index is 11.7. The standard InChI is InChI=1S/C15H22ClNO2/c1-3-5-6-10-14(4-2)19-15(18)17-13-9-7-8-12(16)11-13/h7-9,11,14H,3-6,10H2,1-2H3,(H,17,18). The number of nitrogens with one attached hydrogen (secondary N) is 1. The van der Waals surface area contributed by atoms with Crippen LogP contribution in [0.3, 0.4) is 0 Å². The predicted octanol–water partition coefficient (Wildman–Crippen LogP) is 5.25. The lowest BCUT2D eigenvalue weighted by Gasteiger charge is -2.16. The molecule has 0 aliphatic carbocycles. The van der Waals surface area contributed by atoms with Gasteiger partial charge >= 0.3 is 6.09 Å². The summed E-state index contributed by atoms with van der Waals surface area (Å²) in [6.07, 6.45) is 4.79. The van der Waals surface area contributed by atoms with Gasteiger partial charge in [-0.1, -0.05) is 44.4 Å². The van der Waals surface area contributed by atoms with Gasteiger partial charge in [0.1, 0.15) is 6.10 Å². The van der Waals surface area contributed by atoms with Crippen LogP contribution in [0.25, 0.3) is 0 Å². The molecule has 0 aliphatic heterocycles. The Bertz CT molecular complexity index is 395. The van der Waals surface area contributed by atoms with E-state index in [4.69, 9.17) is 16.3 Å². The Balaban J connectivity index is 2.40. The van der Waals surface area contributed by atoms with Gasteiger partial charge in [-0.25, -0.2) is 4.79 Å². The van der Waals surface area contributed by atoms with Crippen LogP contribution in [0.4, 0.5) is 10.5 Å². The maximum Gasteiger partial charge on any atom is 0.411 e. The number of carbonyl (C=O) groups is 1. The molecule has 106 valence electrons. The zero-order valence-corrected chi connectivity index (χ0v) is 12.4. The average molecular weight is 284 g/mol. The summed E-state index contributed by atoms with van der Waals surface area (Å²) in [4.78, 5) is 11.7. The van der Waals surface area contributed by atoms with Gasteiger partial charge in [-0.3, -0.25) is 5.32 Å². The molecule has 0 aliphatic rings. The van der Waals surface area contributed by atoms with Gasteiger partial charge in [0.2, 0.25) is 0 Å². The van der Waals surface area contributed by atoms with Crippen molar-refractivity contribution in [2.75, 3.05) is 5.32 Å². The second-order valence-electron chi connectivity index (χ2n) is 4.57. The summed E-state index contributed by atoms with van der Waals surface area (Å²) >= 11 is 5.85. The normalized spacial score (nSPS) is 11.9. The zero-order valence-electron chi connectivity index (χ0n) is 11.6. The number of ether oxygens (including phenoxy) is 1. The van der Waals surface area contributed by atoms with E-state index in [-0.39, 0.29) is 6.10 Å². The first-order valence-electron chi connectivity index (χ1n) is 6.89. The van der Waals surface area contributed by atoms with Gasteiger partial charge in [-0.05, 0) is 37.5 Å². The van der Waals surface area contributed by atoms with Crippen molar-refractivity contribution in [3.05, 3.63) is 29.3 Å². The van der Waals surface area contributed by atoms with E-state index in [0.29, 0.717) is 10.7 Å². The minimum atomic E-state index is -0.411. The summed E-state index contributed by atoms with van der Waals surface area (Å²) < 4.78 is 5.40. The SMILES string of the molecule is CCCCCC(CC)OC(=O)Nc1cccc(Cl)c1. The molecule has 1 rings (SSSR count). The second kappa shape index (κ2) is 8.81. The number of carbonyl (C=O) groups excluding carboxylic acids is 1.